The number of hydrogen-bond donors (Lipinski definition) is 3. The van der Waals surface area contributed by atoms with Gasteiger partial charge < -0.3 is 20.7 Å². The van der Waals surface area contributed by atoms with Gasteiger partial charge in [-0.3, -0.25) is 4.79 Å². The number of carbonyl (C=O) groups is 1. The predicted octanol–water partition coefficient (Wildman–Crippen LogP) is 1.69. The lowest BCUT2D eigenvalue weighted by Crippen LogP contribution is -2.55. The highest BCUT2D eigenvalue weighted by Crippen LogP contribution is 2.19. The molecule has 0 aliphatic rings. The van der Waals surface area contributed by atoms with Gasteiger partial charge in [0.2, 0.25) is 0 Å². The zero-order valence-corrected chi connectivity index (χ0v) is 11.1. The fraction of sp³-hybridized carbons (Fsp3) is 0.400. The Morgan fingerprint density at radius 2 is 2.41 bits per heavy atom. The van der Waals surface area contributed by atoms with Crippen molar-refractivity contribution >= 4 is 27.7 Å². The van der Waals surface area contributed by atoms with Crippen LogP contribution in [0.25, 0.3) is 0 Å². The van der Waals surface area contributed by atoms with E-state index >= 15 is 0 Å². The van der Waals surface area contributed by atoms with Crippen LogP contribution in [-0.4, -0.2) is 22.5 Å². The van der Waals surface area contributed by atoms with Crippen molar-refractivity contribution in [2.24, 2.45) is 10.9 Å². The van der Waals surface area contributed by atoms with E-state index in [-0.39, 0.29) is 11.7 Å². The maximum Gasteiger partial charge on any atom is 0.256 e. The number of carbonyl (C=O) groups excluding carboxylic acids is 1. The normalized spacial score (nSPS) is 15.4. The van der Waals surface area contributed by atoms with Crippen molar-refractivity contribution in [2.45, 2.75) is 25.8 Å². The zero-order valence-electron chi connectivity index (χ0n) is 9.53. The molecule has 0 saturated heterocycles. The molecular weight excluding hydrogens is 290 g/mol. The Bertz CT molecular complexity index is 444. The maximum absolute atomic E-state index is 11.9. The Kier molecular flexibility index (Phi) is 4.17. The number of nitrogens with two attached hydrogens (primary N) is 1. The Labute approximate surface area is 107 Å². The molecule has 0 bridgehead atoms. The van der Waals surface area contributed by atoms with Gasteiger partial charge >= 0.3 is 0 Å². The van der Waals surface area contributed by atoms with Crippen LogP contribution >= 0.6 is 15.9 Å². The molecule has 4 N–H and O–H groups in total. The molecule has 1 heterocycles. The number of hydrogen-bond acceptors (Lipinski definition) is 4. The smallest absolute Gasteiger partial charge is 0.256 e. The van der Waals surface area contributed by atoms with Gasteiger partial charge in [-0.2, -0.15) is 0 Å². The van der Waals surface area contributed by atoms with Gasteiger partial charge in [0.05, 0.1) is 17.4 Å². The lowest BCUT2D eigenvalue weighted by molar-refractivity contribution is 0.0923. The molecule has 6 nitrogen and oxygen atoms in total. The highest BCUT2D eigenvalue weighted by atomic mass is 79.9. The van der Waals surface area contributed by atoms with E-state index in [2.05, 4.69) is 26.4 Å². The first-order valence-corrected chi connectivity index (χ1v) is 5.77. The number of oxime groups is 1. The number of nitrogens with zero attached hydrogens (tertiary/aromatic N) is 1. The second-order valence-corrected chi connectivity index (χ2v) is 4.45. The number of amides is 1. The third kappa shape index (κ3) is 2.79. The molecule has 1 atom stereocenters. The molecule has 0 aliphatic carbocycles. The van der Waals surface area contributed by atoms with E-state index in [1.165, 1.54) is 12.3 Å². The summed E-state index contributed by atoms with van der Waals surface area (Å²) >= 11 is 3.11. The van der Waals surface area contributed by atoms with Crippen LogP contribution in [-0.2, 0) is 0 Å². The molecule has 1 unspecified atom stereocenters. The summed E-state index contributed by atoms with van der Waals surface area (Å²) < 4.78 is 5.31. The van der Waals surface area contributed by atoms with Crippen molar-refractivity contribution in [3.8, 4) is 0 Å². The van der Waals surface area contributed by atoms with Crippen LogP contribution in [0.2, 0.25) is 0 Å². The van der Waals surface area contributed by atoms with Gasteiger partial charge in [-0.1, -0.05) is 12.1 Å². The number of amidine groups is 1. The third-order valence-electron chi connectivity index (χ3n) is 2.63. The minimum Gasteiger partial charge on any atom is -0.457 e. The molecule has 0 aromatic carbocycles. The molecule has 94 valence electrons. The van der Waals surface area contributed by atoms with E-state index in [1.807, 2.05) is 6.92 Å². The van der Waals surface area contributed by atoms with Crippen molar-refractivity contribution in [1.82, 2.24) is 5.32 Å². The van der Waals surface area contributed by atoms with E-state index in [0.29, 0.717) is 16.7 Å². The Morgan fingerprint density at radius 1 is 1.76 bits per heavy atom. The molecule has 17 heavy (non-hydrogen) atoms. The number of rotatable bonds is 4. The standard InChI is InChI=1S/C10H14BrN3O3/c1-3-10(2,9(12)14-16)13-8(15)6-4-5-17-7(6)11/h4-5,16H,3H2,1-2H3,(H2,12,14)(H,13,15). The number of furan rings is 1. The average Bonchev–Trinajstić information content (AvgIpc) is 2.74. The van der Waals surface area contributed by atoms with E-state index in [4.69, 9.17) is 15.4 Å². The molecule has 0 fully saturated rings. The Morgan fingerprint density at radius 3 is 2.82 bits per heavy atom. The Hall–Kier alpha value is -1.50. The predicted molar refractivity (Wildman–Crippen MR) is 66.0 cm³/mol. The van der Waals surface area contributed by atoms with Crippen LogP contribution in [0.1, 0.15) is 30.6 Å². The third-order valence-corrected chi connectivity index (χ3v) is 3.25. The summed E-state index contributed by atoms with van der Waals surface area (Å²) in [4.78, 5) is 11.9. The first-order chi connectivity index (χ1) is 7.94. The van der Waals surface area contributed by atoms with Crippen molar-refractivity contribution in [2.75, 3.05) is 0 Å². The minimum atomic E-state index is -0.900. The Balaban J connectivity index is 2.91. The monoisotopic (exact) mass is 303 g/mol. The van der Waals surface area contributed by atoms with Gasteiger partial charge in [0.1, 0.15) is 0 Å². The molecule has 0 spiro atoms. The van der Waals surface area contributed by atoms with E-state index in [1.54, 1.807) is 6.92 Å². The molecule has 0 saturated carbocycles. The second-order valence-electron chi connectivity index (χ2n) is 3.73. The van der Waals surface area contributed by atoms with Gasteiger partial charge in [0.15, 0.2) is 10.5 Å². The van der Waals surface area contributed by atoms with Crippen LogP contribution in [0.15, 0.2) is 26.6 Å². The minimum absolute atomic E-state index is 0.0482. The van der Waals surface area contributed by atoms with Crippen LogP contribution in [0.5, 0.6) is 0 Å². The van der Waals surface area contributed by atoms with Gasteiger partial charge in [-0.05, 0) is 35.3 Å². The molecule has 1 rings (SSSR count). The summed E-state index contributed by atoms with van der Waals surface area (Å²) in [6, 6.07) is 1.53. The topological polar surface area (TPSA) is 101 Å². The van der Waals surface area contributed by atoms with Gasteiger partial charge in [0.25, 0.3) is 5.91 Å². The summed E-state index contributed by atoms with van der Waals surface area (Å²) in [6.07, 6.45) is 1.88. The fourth-order valence-corrected chi connectivity index (χ4v) is 1.64. The van der Waals surface area contributed by atoms with Crippen molar-refractivity contribution in [3.63, 3.8) is 0 Å². The van der Waals surface area contributed by atoms with Crippen LogP contribution < -0.4 is 11.1 Å². The largest absolute Gasteiger partial charge is 0.457 e. The molecule has 1 aromatic heterocycles. The molecule has 1 aromatic rings. The van der Waals surface area contributed by atoms with Gasteiger partial charge in [-0.25, -0.2) is 0 Å². The van der Waals surface area contributed by atoms with E-state index in [0.717, 1.165) is 0 Å². The average molecular weight is 304 g/mol. The second kappa shape index (κ2) is 5.22. The van der Waals surface area contributed by atoms with Crippen LogP contribution in [0.4, 0.5) is 0 Å². The quantitative estimate of drug-likeness (QED) is 0.341. The van der Waals surface area contributed by atoms with Crippen LogP contribution in [0.3, 0.4) is 0 Å². The zero-order chi connectivity index (χ0) is 13.1. The molecule has 1 amide bonds. The first kappa shape index (κ1) is 13.6. The van der Waals surface area contributed by atoms with Gasteiger partial charge in [-0.15, -0.1) is 0 Å². The maximum atomic E-state index is 11.9. The first-order valence-electron chi connectivity index (χ1n) is 4.98. The van der Waals surface area contributed by atoms with Crippen LogP contribution in [0, 0.1) is 0 Å². The lowest BCUT2D eigenvalue weighted by Gasteiger charge is -2.27. The summed E-state index contributed by atoms with van der Waals surface area (Å²) in [6.45, 7) is 3.50. The lowest BCUT2D eigenvalue weighted by atomic mass is 9.97. The molecular formula is C10H14BrN3O3. The summed E-state index contributed by atoms with van der Waals surface area (Å²) in [5.74, 6) is -0.408. The number of nitrogens with one attached hydrogen (secondary N) is 1. The van der Waals surface area contributed by atoms with Gasteiger partial charge in [0, 0.05) is 0 Å². The summed E-state index contributed by atoms with van der Waals surface area (Å²) in [7, 11) is 0. The van der Waals surface area contributed by atoms with E-state index < -0.39 is 5.54 Å². The molecule has 7 heteroatoms. The highest BCUT2D eigenvalue weighted by Gasteiger charge is 2.30. The highest BCUT2D eigenvalue weighted by molar-refractivity contribution is 9.10. The van der Waals surface area contributed by atoms with Crippen molar-refractivity contribution < 1.29 is 14.4 Å². The summed E-state index contributed by atoms with van der Waals surface area (Å²) in [5, 5.41) is 14.3. The van der Waals surface area contributed by atoms with Crippen molar-refractivity contribution in [1.29, 1.82) is 0 Å². The van der Waals surface area contributed by atoms with Crippen molar-refractivity contribution in [3.05, 3.63) is 22.6 Å². The molecule has 0 aliphatic heterocycles. The van der Waals surface area contributed by atoms with E-state index in [9.17, 15) is 4.79 Å². The fourth-order valence-electron chi connectivity index (χ4n) is 1.22. The molecule has 0 radical (unpaired) electrons. The summed E-state index contributed by atoms with van der Waals surface area (Å²) in [5.41, 5.74) is 5.01. The SMILES string of the molecule is CCC(C)(NC(=O)c1ccoc1Br)/C(N)=N/O. The number of halogens is 1.